The maximum Gasteiger partial charge on any atom is 0.148 e. The molecule has 104 valence electrons. The van der Waals surface area contributed by atoms with Crippen molar-refractivity contribution in [2.75, 3.05) is 6.54 Å². The van der Waals surface area contributed by atoms with Gasteiger partial charge in [0.1, 0.15) is 11.3 Å². The zero-order valence-electron chi connectivity index (χ0n) is 12.1. The molecule has 1 aromatic carbocycles. The molecule has 0 aliphatic heterocycles. The van der Waals surface area contributed by atoms with Crippen molar-refractivity contribution in [3.63, 3.8) is 0 Å². The number of fused-ring (bicyclic) bond motifs is 1. The van der Waals surface area contributed by atoms with E-state index in [1.807, 2.05) is 0 Å². The quantitative estimate of drug-likeness (QED) is 0.772. The van der Waals surface area contributed by atoms with Gasteiger partial charge < -0.3 is 9.73 Å². The maximum atomic E-state index is 6.08. The Bertz CT molecular complexity index is 572. The summed E-state index contributed by atoms with van der Waals surface area (Å²) < 4.78 is 7.13. The van der Waals surface area contributed by atoms with E-state index < -0.39 is 0 Å². The normalized spacial score (nSPS) is 11.7. The lowest BCUT2D eigenvalue weighted by Crippen LogP contribution is -2.14. The summed E-state index contributed by atoms with van der Waals surface area (Å²) >= 11 is 3.61. The first-order valence-electron chi connectivity index (χ1n) is 6.96. The average Bonchev–Trinajstić information content (AvgIpc) is 2.68. The Morgan fingerprint density at radius 3 is 2.68 bits per heavy atom. The second-order valence-corrected chi connectivity index (χ2v) is 6.25. The third kappa shape index (κ3) is 3.03. The van der Waals surface area contributed by atoms with Crippen LogP contribution in [-0.4, -0.2) is 6.54 Å². The van der Waals surface area contributed by atoms with E-state index in [1.54, 1.807) is 0 Å². The molecule has 0 aliphatic carbocycles. The Kier molecular flexibility index (Phi) is 4.69. The molecule has 0 aliphatic rings. The molecule has 0 unspecified atom stereocenters. The molecular weight excluding hydrogens is 302 g/mol. The molecule has 2 nitrogen and oxygen atoms in total. The molecule has 0 bridgehead atoms. The summed E-state index contributed by atoms with van der Waals surface area (Å²) in [6.07, 6.45) is 1.14. The molecule has 0 amide bonds. The van der Waals surface area contributed by atoms with Gasteiger partial charge in [-0.25, -0.2) is 0 Å². The molecule has 0 fully saturated rings. The summed E-state index contributed by atoms with van der Waals surface area (Å²) in [5.41, 5.74) is 3.57. The summed E-state index contributed by atoms with van der Waals surface area (Å²) in [6, 6.07) is 4.33. The summed E-state index contributed by atoms with van der Waals surface area (Å²) in [5, 5.41) is 4.68. The molecule has 1 heterocycles. The highest BCUT2D eigenvalue weighted by atomic mass is 79.9. The van der Waals surface area contributed by atoms with Crippen LogP contribution in [0, 0.1) is 6.92 Å². The largest absolute Gasteiger partial charge is 0.458 e. The smallest absolute Gasteiger partial charge is 0.148 e. The molecule has 1 N–H and O–H groups in total. The van der Waals surface area contributed by atoms with Crippen LogP contribution in [0.15, 0.2) is 21.0 Å². The van der Waals surface area contributed by atoms with E-state index in [0.29, 0.717) is 5.92 Å². The lowest BCUT2D eigenvalue weighted by Gasteiger charge is -2.07. The fourth-order valence-corrected chi connectivity index (χ4v) is 3.16. The molecule has 2 aromatic rings. The van der Waals surface area contributed by atoms with E-state index in [2.05, 4.69) is 61.1 Å². The topological polar surface area (TPSA) is 25.2 Å². The van der Waals surface area contributed by atoms with Crippen LogP contribution in [0.5, 0.6) is 0 Å². The van der Waals surface area contributed by atoms with E-state index in [4.69, 9.17) is 4.42 Å². The molecule has 2 rings (SSSR count). The van der Waals surface area contributed by atoms with Crippen molar-refractivity contribution in [1.82, 2.24) is 5.32 Å². The SMILES string of the molecule is CCCNCc1oc2c(Br)cc(C)cc2c1C(C)C. The van der Waals surface area contributed by atoms with Crippen LogP contribution in [0.25, 0.3) is 11.0 Å². The van der Waals surface area contributed by atoms with Gasteiger partial charge >= 0.3 is 0 Å². The summed E-state index contributed by atoms with van der Waals surface area (Å²) in [6.45, 7) is 10.6. The van der Waals surface area contributed by atoms with Gasteiger partial charge in [-0.1, -0.05) is 20.8 Å². The zero-order chi connectivity index (χ0) is 14.0. The minimum absolute atomic E-state index is 0.466. The number of rotatable bonds is 5. The number of hydrogen-bond donors (Lipinski definition) is 1. The first kappa shape index (κ1) is 14.6. The van der Waals surface area contributed by atoms with Gasteiger partial charge in [0.2, 0.25) is 0 Å². The van der Waals surface area contributed by atoms with Crippen molar-refractivity contribution in [2.24, 2.45) is 0 Å². The molecule has 0 saturated heterocycles. The molecule has 0 spiro atoms. The van der Waals surface area contributed by atoms with Crippen LogP contribution in [-0.2, 0) is 6.54 Å². The third-order valence-corrected chi connectivity index (χ3v) is 3.88. The van der Waals surface area contributed by atoms with Gasteiger partial charge in [0.25, 0.3) is 0 Å². The van der Waals surface area contributed by atoms with Crippen molar-refractivity contribution < 1.29 is 4.42 Å². The van der Waals surface area contributed by atoms with E-state index in [9.17, 15) is 0 Å². The molecule has 0 radical (unpaired) electrons. The Hall–Kier alpha value is -0.800. The van der Waals surface area contributed by atoms with Gasteiger partial charge in [0, 0.05) is 10.9 Å². The Morgan fingerprint density at radius 1 is 1.32 bits per heavy atom. The van der Waals surface area contributed by atoms with Crippen LogP contribution < -0.4 is 5.32 Å². The van der Waals surface area contributed by atoms with Crippen LogP contribution in [0.3, 0.4) is 0 Å². The molecule has 1 aromatic heterocycles. The number of nitrogens with one attached hydrogen (secondary N) is 1. The molecule has 19 heavy (non-hydrogen) atoms. The lowest BCUT2D eigenvalue weighted by atomic mass is 9.98. The number of aryl methyl sites for hydroxylation is 1. The van der Waals surface area contributed by atoms with Crippen molar-refractivity contribution in [1.29, 1.82) is 0 Å². The predicted molar refractivity (Wildman–Crippen MR) is 84.7 cm³/mol. The second kappa shape index (κ2) is 6.10. The maximum absolute atomic E-state index is 6.08. The van der Waals surface area contributed by atoms with Gasteiger partial charge in [-0.15, -0.1) is 0 Å². The number of furan rings is 1. The second-order valence-electron chi connectivity index (χ2n) is 5.39. The van der Waals surface area contributed by atoms with Crippen LogP contribution in [0.2, 0.25) is 0 Å². The Balaban J connectivity index is 2.51. The van der Waals surface area contributed by atoms with Crippen LogP contribution in [0.4, 0.5) is 0 Å². The monoisotopic (exact) mass is 323 g/mol. The van der Waals surface area contributed by atoms with E-state index in [-0.39, 0.29) is 0 Å². The molecule has 0 atom stereocenters. The summed E-state index contributed by atoms with van der Waals surface area (Å²) in [5.74, 6) is 1.54. The van der Waals surface area contributed by atoms with Crippen LogP contribution >= 0.6 is 15.9 Å². The molecule has 3 heteroatoms. The van der Waals surface area contributed by atoms with Gasteiger partial charge in [-0.05, 0) is 59.4 Å². The molecule has 0 saturated carbocycles. The Morgan fingerprint density at radius 2 is 2.05 bits per heavy atom. The molecular formula is C16H22BrNO. The first-order valence-corrected chi connectivity index (χ1v) is 7.76. The average molecular weight is 324 g/mol. The van der Waals surface area contributed by atoms with Crippen molar-refractivity contribution in [3.8, 4) is 0 Å². The summed E-state index contributed by atoms with van der Waals surface area (Å²) in [4.78, 5) is 0. The van der Waals surface area contributed by atoms with Gasteiger partial charge in [0.15, 0.2) is 0 Å². The van der Waals surface area contributed by atoms with Crippen molar-refractivity contribution in [2.45, 2.75) is 46.6 Å². The highest BCUT2D eigenvalue weighted by Crippen LogP contribution is 2.36. The standard InChI is InChI=1S/C16H22BrNO/c1-5-6-18-9-14-15(10(2)3)12-7-11(4)8-13(17)16(12)19-14/h7-8,10,18H,5-6,9H2,1-4H3. The fraction of sp³-hybridized carbons (Fsp3) is 0.500. The van der Waals surface area contributed by atoms with Crippen molar-refractivity contribution >= 4 is 26.9 Å². The van der Waals surface area contributed by atoms with E-state index in [1.165, 1.54) is 16.5 Å². The summed E-state index contributed by atoms with van der Waals surface area (Å²) in [7, 11) is 0. The minimum Gasteiger partial charge on any atom is -0.458 e. The number of hydrogen-bond acceptors (Lipinski definition) is 2. The number of halogens is 1. The van der Waals surface area contributed by atoms with E-state index >= 15 is 0 Å². The predicted octanol–water partition coefficient (Wildman–Crippen LogP) is 5.13. The highest BCUT2D eigenvalue weighted by molar-refractivity contribution is 9.10. The number of benzene rings is 1. The van der Waals surface area contributed by atoms with Crippen molar-refractivity contribution in [3.05, 3.63) is 33.5 Å². The van der Waals surface area contributed by atoms with Gasteiger partial charge in [-0.3, -0.25) is 0 Å². The third-order valence-electron chi connectivity index (χ3n) is 3.29. The fourth-order valence-electron chi connectivity index (χ4n) is 2.50. The minimum atomic E-state index is 0.466. The van der Waals surface area contributed by atoms with E-state index in [0.717, 1.165) is 35.3 Å². The first-order chi connectivity index (χ1) is 9.04. The van der Waals surface area contributed by atoms with Crippen LogP contribution in [0.1, 0.15) is 50.0 Å². The Labute approximate surface area is 123 Å². The van der Waals surface area contributed by atoms with Gasteiger partial charge in [0.05, 0.1) is 11.0 Å². The highest BCUT2D eigenvalue weighted by Gasteiger charge is 2.18. The van der Waals surface area contributed by atoms with Gasteiger partial charge in [-0.2, -0.15) is 0 Å². The lowest BCUT2D eigenvalue weighted by molar-refractivity contribution is 0.503. The zero-order valence-corrected chi connectivity index (χ0v) is 13.7.